The molecule has 1 aromatic rings. The van der Waals surface area contributed by atoms with Crippen LogP contribution in [0.2, 0.25) is 0 Å². The summed E-state index contributed by atoms with van der Waals surface area (Å²) in [4.78, 5) is 12.9. The molecule has 1 heterocycles. The number of rotatable bonds is 5. The van der Waals surface area contributed by atoms with Gasteiger partial charge in [-0.05, 0) is 50.8 Å². The lowest BCUT2D eigenvalue weighted by atomic mass is 9.79. The van der Waals surface area contributed by atoms with E-state index in [0.717, 1.165) is 31.5 Å². The number of carbonyl (C=O) groups excluding carboxylic acids is 1. The molecular weight excluding hydrogens is 340 g/mol. The Balaban J connectivity index is 1.80. The molecule has 2 N–H and O–H groups in total. The van der Waals surface area contributed by atoms with Crippen LogP contribution in [0.25, 0.3) is 0 Å². The van der Waals surface area contributed by atoms with Gasteiger partial charge < -0.3 is 15.2 Å². The summed E-state index contributed by atoms with van der Waals surface area (Å²) in [5.41, 5.74) is -0.724. The standard InChI is InChI=1S/C20H27F2NO3/c1-14-2-4-16(5-3-14)20(25,17-6-9-19(21,22)12-17)18(24)26-13-15-7-10-23-11-8-15/h2-5,15,17,23,25H,6-13H2,1H3. The van der Waals surface area contributed by atoms with Gasteiger partial charge in [0.25, 0.3) is 0 Å². The van der Waals surface area contributed by atoms with E-state index in [9.17, 15) is 18.7 Å². The van der Waals surface area contributed by atoms with Gasteiger partial charge in [0.05, 0.1) is 6.61 Å². The predicted octanol–water partition coefficient (Wildman–Crippen LogP) is 3.16. The summed E-state index contributed by atoms with van der Waals surface area (Å²) in [5.74, 6) is -4.26. The molecule has 2 aliphatic rings. The fourth-order valence-electron chi connectivity index (χ4n) is 3.99. The van der Waals surface area contributed by atoms with Crippen LogP contribution >= 0.6 is 0 Å². The highest BCUT2D eigenvalue weighted by Crippen LogP contribution is 2.48. The average Bonchev–Trinajstić information content (AvgIpc) is 3.00. The van der Waals surface area contributed by atoms with E-state index < -0.39 is 29.8 Å². The Labute approximate surface area is 152 Å². The molecule has 26 heavy (non-hydrogen) atoms. The zero-order chi connectivity index (χ0) is 18.8. The lowest BCUT2D eigenvalue weighted by molar-refractivity contribution is -0.176. The van der Waals surface area contributed by atoms with Gasteiger partial charge in [-0.25, -0.2) is 13.6 Å². The monoisotopic (exact) mass is 367 g/mol. The summed E-state index contributed by atoms with van der Waals surface area (Å²) in [7, 11) is 0. The van der Waals surface area contributed by atoms with Crippen LogP contribution in [0.3, 0.4) is 0 Å². The molecule has 2 atom stereocenters. The largest absolute Gasteiger partial charge is 0.463 e. The molecule has 3 rings (SSSR count). The SMILES string of the molecule is Cc1ccc(C(O)(C(=O)OCC2CCNCC2)C2CCC(F)(F)C2)cc1. The maximum atomic E-state index is 13.8. The summed E-state index contributed by atoms with van der Waals surface area (Å²) in [6, 6.07) is 6.82. The fourth-order valence-corrected chi connectivity index (χ4v) is 3.99. The van der Waals surface area contributed by atoms with Gasteiger partial charge in [-0.15, -0.1) is 0 Å². The minimum Gasteiger partial charge on any atom is -0.463 e. The molecule has 6 heteroatoms. The van der Waals surface area contributed by atoms with Crippen molar-refractivity contribution in [2.45, 2.75) is 50.6 Å². The van der Waals surface area contributed by atoms with E-state index in [1.54, 1.807) is 24.3 Å². The molecule has 0 spiro atoms. The van der Waals surface area contributed by atoms with Crippen molar-refractivity contribution in [3.63, 3.8) is 0 Å². The van der Waals surface area contributed by atoms with E-state index in [1.807, 2.05) is 6.92 Å². The maximum absolute atomic E-state index is 13.8. The lowest BCUT2D eigenvalue weighted by Crippen LogP contribution is -2.44. The fraction of sp³-hybridized carbons (Fsp3) is 0.650. The van der Waals surface area contributed by atoms with E-state index in [1.165, 1.54) is 0 Å². The molecule has 0 aromatic heterocycles. The van der Waals surface area contributed by atoms with Gasteiger partial charge in [-0.3, -0.25) is 0 Å². The normalized spacial score (nSPS) is 25.6. The first kappa shape index (κ1) is 19.2. The summed E-state index contributed by atoms with van der Waals surface area (Å²) in [5, 5.41) is 14.5. The number of piperidine rings is 1. The Morgan fingerprint density at radius 1 is 1.27 bits per heavy atom. The molecule has 2 unspecified atom stereocenters. The Morgan fingerprint density at radius 3 is 2.50 bits per heavy atom. The number of hydrogen-bond donors (Lipinski definition) is 2. The molecule has 1 aromatic carbocycles. The third kappa shape index (κ3) is 4.07. The third-order valence-corrected chi connectivity index (χ3v) is 5.71. The van der Waals surface area contributed by atoms with Gasteiger partial charge in [-0.1, -0.05) is 29.8 Å². The van der Waals surface area contributed by atoms with Crippen molar-refractivity contribution in [1.82, 2.24) is 5.32 Å². The smallest absolute Gasteiger partial charge is 0.343 e. The van der Waals surface area contributed by atoms with Crippen molar-refractivity contribution in [2.75, 3.05) is 19.7 Å². The second-order valence-corrected chi connectivity index (χ2v) is 7.72. The number of alkyl halides is 2. The Kier molecular flexibility index (Phi) is 5.63. The number of hydrogen-bond acceptors (Lipinski definition) is 4. The predicted molar refractivity (Wildman–Crippen MR) is 93.9 cm³/mol. The van der Waals surface area contributed by atoms with Crippen molar-refractivity contribution in [3.05, 3.63) is 35.4 Å². The second-order valence-electron chi connectivity index (χ2n) is 7.72. The van der Waals surface area contributed by atoms with Gasteiger partial charge in [0.2, 0.25) is 5.92 Å². The molecule has 4 nitrogen and oxygen atoms in total. The number of halogens is 2. The summed E-state index contributed by atoms with van der Waals surface area (Å²) < 4.78 is 33.0. The summed E-state index contributed by atoms with van der Waals surface area (Å²) in [6.07, 6.45) is 1.09. The highest BCUT2D eigenvalue weighted by atomic mass is 19.3. The average molecular weight is 367 g/mol. The van der Waals surface area contributed by atoms with Crippen molar-refractivity contribution < 1.29 is 23.4 Å². The van der Waals surface area contributed by atoms with Crippen LogP contribution in [0.5, 0.6) is 0 Å². The van der Waals surface area contributed by atoms with Crippen molar-refractivity contribution >= 4 is 5.97 Å². The molecule has 1 aliphatic carbocycles. The van der Waals surface area contributed by atoms with Crippen molar-refractivity contribution in [3.8, 4) is 0 Å². The molecule has 0 radical (unpaired) electrons. The molecule has 0 amide bonds. The zero-order valence-corrected chi connectivity index (χ0v) is 15.1. The molecule has 1 aliphatic heterocycles. The van der Waals surface area contributed by atoms with E-state index in [2.05, 4.69) is 5.32 Å². The van der Waals surface area contributed by atoms with Gasteiger partial charge >= 0.3 is 5.97 Å². The van der Waals surface area contributed by atoms with E-state index >= 15 is 0 Å². The van der Waals surface area contributed by atoms with Crippen LogP contribution in [0, 0.1) is 18.8 Å². The third-order valence-electron chi connectivity index (χ3n) is 5.71. The van der Waals surface area contributed by atoms with Crippen molar-refractivity contribution in [2.24, 2.45) is 11.8 Å². The van der Waals surface area contributed by atoms with Gasteiger partial charge in [-0.2, -0.15) is 0 Å². The first-order valence-corrected chi connectivity index (χ1v) is 9.36. The van der Waals surface area contributed by atoms with Crippen LogP contribution in [0.4, 0.5) is 8.78 Å². The zero-order valence-electron chi connectivity index (χ0n) is 15.1. The van der Waals surface area contributed by atoms with Crippen molar-refractivity contribution in [1.29, 1.82) is 0 Å². The van der Waals surface area contributed by atoms with E-state index in [-0.39, 0.29) is 25.4 Å². The number of nitrogens with one attached hydrogen (secondary N) is 1. The quantitative estimate of drug-likeness (QED) is 0.785. The van der Waals surface area contributed by atoms with Gasteiger partial charge in [0.15, 0.2) is 5.60 Å². The maximum Gasteiger partial charge on any atom is 0.343 e. The Hall–Kier alpha value is -1.53. The molecule has 1 saturated heterocycles. The molecular formula is C20H27F2NO3. The Bertz CT molecular complexity index is 628. The number of ether oxygens (including phenoxy) is 1. The topological polar surface area (TPSA) is 58.6 Å². The first-order valence-electron chi connectivity index (χ1n) is 9.36. The number of benzene rings is 1. The molecule has 1 saturated carbocycles. The summed E-state index contributed by atoms with van der Waals surface area (Å²) >= 11 is 0. The van der Waals surface area contributed by atoms with Crippen LogP contribution < -0.4 is 5.32 Å². The van der Waals surface area contributed by atoms with Crippen LogP contribution in [-0.4, -0.2) is 36.7 Å². The first-order chi connectivity index (χ1) is 12.3. The number of aryl methyl sites for hydroxylation is 1. The number of esters is 1. The molecule has 0 bridgehead atoms. The number of aliphatic hydroxyl groups is 1. The van der Waals surface area contributed by atoms with E-state index in [0.29, 0.717) is 5.56 Å². The summed E-state index contributed by atoms with van der Waals surface area (Å²) in [6.45, 7) is 3.86. The minimum absolute atomic E-state index is 0.0970. The number of carbonyl (C=O) groups is 1. The van der Waals surface area contributed by atoms with Gasteiger partial charge in [0, 0.05) is 18.8 Å². The molecule has 144 valence electrons. The highest BCUT2D eigenvalue weighted by Gasteiger charge is 2.54. The van der Waals surface area contributed by atoms with E-state index in [4.69, 9.17) is 4.74 Å². The lowest BCUT2D eigenvalue weighted by Gasteiger charge is -2.33. The minimum atomic E-state index is -2.85. The second kappa shape index (κ2) is 7.61. The van der Waals surface area contributed by atoms with Crippen LogP contribution in [-0.2, 0) is 15.1 Å². The van der Waals surface area contributed by atoms with Crippen LogP contribution in [0.15, 0.2) is 24.3 Å². The van der Waals surface area contributed by atoms with Gasteiger partial charge in [0.1, 0.15) is 0 Å². The van der Waals surface area contributed by atoms with Crippen LogP contribution in [0.1, 0.15) is 43.2 Å². The molecule has 2 fully saturated rings. The highest BCUT2D eigenvalue weighted by molar-refractivity contribution is 5.81. The Morgan fingerprint density at radius 2 is 1.92 bits per heavy atom.